The summed E-state index contributed by atoms with van der Waals surface area (Å²) in [4.78, 5) is 49.0. The molecule has 35 heavy (non-hydrogen) atoms. The van der Waals surface area contributed by atoms with Crippen LogP contribution in [0.1, 0.15) is 18.1 Å². The van der Waals surface area contributed by atoms with Crippen LogP contribution in [0.15, 0.2) is 72.8 Å². The van der Waals surface area contributed by atoms with Gasteiger partial charge in [0.2, 0.25) is 12.1 Å². The zero-order valence-electron chi connectivity index (χ0n) is 19.1. The molecule has 9 nitrogen and oxygen atoms in total. The van der Waals surface area contributed by atoms with Crippen molar-refractivity contribution >= 4 is 34.6 Å². The maximum atomic E-state index is 13.1. The van der Waals surface area contributed by atoms with E-state index in [1.807, 2.05) is 72.8 Å². The first kappa shape index (κ1) is 23.7. The van der Waals surface area contributed by atoms with Crippen LogP contribution in [0.5, 0.6) is 0 Å². The van der Waals surface area contributed by atoms with Crippen LogP contribution in [0.2, 0.25) is 0 Å². The Morgan fingerprint density at radius 2 is 1.66 bits per heavy atom. The van der Waals surface area contributed by atoms with Gasteiger partial charge in [-0.15, -0.1) is 0 Å². The number of rotatable bonds is 8. The number of fused-ring (bicyclic) bond motifs is 1. The second-order valence-corrected chi connectivity index (χ2v) is 8.28. The summed E-state index contributed by atoms with van der Waals surface area (Å²) >= 11 is 0. The number of urea groups is 1. The lowest BCUT2D eigenvalue weighted by Gasteiger charge is -2.36. The van der Waals surface area contributed by atoms with E-state index in [2.05, 4.69) is 21.3 Å². The van der Waals surface area contributed by atoms with E-state index in [0.717, 1.165) is 21.9 Å². The van der Waals surface area contributed by atoms with Crippen LogP contribution in [0.4, 0.5) is 4.79 Å². The molecule has 1 aliphatic heterocycles. The minimum absolute atomic E-state index is 0.196. The zero-order valence-corrected chi connectivity index (χ0v) is 19.1. The Bertz CT molecular complexity index is 1250. The topological polar surface area (TPSA) is 126 Å². The largest absolute Gasteiger partial charge is 0.439 e. The first-order valence-electron chi connectivity index (χ1n) is 11.2. The third-order valence-corrected chi connectivity index (χ3v) is 5.63. The SMILES string of the molecule is CC(=O)O[C@@H]1NC(=O)[C@H]1NC(=O)[C@H](Cc1ccc2ccccc2c1)NC(=O)NCc1ccccc1. The Morgan fingerprint density at radius 3 is 2.37 bits per heavy atom. The predicted molar refractivity (Wildman–Crippen MR) is 129 cm³/mol. The molecule has 0 bridgehead atoms. The second-order valence-electron chi connectivity index (χ2n) is 8.28. The van der Waals surface area contributed by atoms with E-state index in [-0.39, 0.29) is 13.0 Å². The maximum Gasteiger partial charge on any atom is 0.315 e. The number of carbonyl (C=O) groups excluding carboxylic acids is 4. The van der Waals surface area contributed by atoms with Gasteiger partial charge in [0.25, 0.3) is 5.91 Å². The molecule has 3 aromatic rings. The lowest BCUT2D eigenvalue weighted by molar-refractivity contribution is -0.164. The molecule has 4 amide bonds. The van der Waals surface area contributed by atoms with Crippen molar-refractivity contribution in [2.75, 3.05) is 0 Å². The minimum Gasteiger partial charge on any atom is -0.439 e. The molecule has 1 heterocycles. The quantitative estimate of drug-likeness (QED) is 0.292. The number of ether oxygens (including phenoxy) is 1. The fourth-order valence-corrected chi connectivity index (χ4v) is 3.82. The number of amides is 4. The summed E-state index contributed by atoms with van der Waals surface area (Å²) in [5.41, 5.74) is 1.75. The van der Waals surface area contributed by atoms with Crippen LogP contribution < -0.4 is 21.3 Å². The number of esters is 1. The molecule has 9 heteroatoms. The molecular formula is C26H26N4O5. The molecule has 4 rings (SSSR count). The third kappa shape index (κ3) is 6.14. The van der Waals surface area contributed by atoms with Crippen molar-refractivity contribution in [2.45, 2.75) is 38.2 Å². The maximum absolute atomic E-state index is 13.1. The number of carbonyl (C=O) groups is 4. The standard InChI is InChI=1S/C26H26N4O5/c1-16(31)35-25-22(24(33)30-25)29-23(32)21(28-26(34)27-15-17-7-3-2-4-8-17)14-18-11-12-19-9-5-6-10-20(19)13-18/h2-13,21-22,25H,14-15H2,1H3,(H,29,32)(H,30,33)(H2,27,28,34)/t21-,22+,25-/m0/s1. The number of β-lactam (4-membered cyclic amide) rings is 1. The van der Waals surface area contributed by atoms with Gasteiger partial charge < -0.3 is 26.0 Å². The first-order valence-corrected chi connectivity index (χ1v) is 11.2. The molecule has 1 aliphatic rings. The highest BCUT2D eigenvalue weighted by atomic mass is 16.6. The van der Waals surface area contributed by atoms with E-state index in [9.17, 15) is 19.2 Å². The van der Waals surface area contributed by atoms with Crippen molar-refractivity contribution in [1.29, 1.82) is 0 Å². The van der Waals surface area contributed by atoms with Gasteiger partial charge in [-0.3, -0.25) is 14.4 Å². The van der Waals surface area contributed by atoms with Gasteiger partial charge in [-0.1, -0.05) is 72.8 Å². The van der Waals surface area contributed by atoms with Crippen molar-refractivity contribution in [3.63, 3.8) is 0 Å². The lowest BCUT2D eigenvalue weighted by atomic mass is 10.0. The molecule has 0 saturated carbocycles. The van der Waals surface area contributed by atoms with Crippen molar-refractivity contribution in [1.82, 2.24) is 21.3 Å². The highest BCUT2D eigenvalue weighted by Gasteiger charge is 2.43. The summed E-state index contributed by atoms with van der Waals surface area (Å²) in [5, 5.41) is 12.5. The lowest BCUT2D eigenvalue weighted by Crippen LogP contribution is -2.71. The molecule has 3 atom stereocenters. The van der Waals surface area contributed by atoms with E-state index in [0.29, 0.717) is 0 Å². The predicted octanol–water partition coefficient (Wildman–Crippen LogP) is 1.75. The molecular weight excluding hydrogens is 448 g/mol. The highest BCUT2D eigenvalue weighted by Crippen LogP contribution is 2.17. The number of nitrogens with one attached hydrogen (secondary N) is 4. The van der Waals surface area contributed by atoms with Crippen LogP contribution >= 0.6 is 0 Å². The van der Waals surface area contributed by atoms with Gasteiger partial charge in [0, 0.05) is 19.9 Å². The normalized spacial score (nSPS) is 17.5. The van der Waals surface area contributed by atoms with Crippen LogP contribution in [-0.4, -0.2) is 42.1 Å². The number of benzene rings is 3. The molecule has 0 aliphatic carbocycles. The Morgan fingerprint density at radius 1 is 0.943 bits per heavy atom. The molecule has 0 radical (unpaired) electrons. The van der Waals surface area contributed by atoms with E-state index < -0.39 is 42.1 Å². The van der Waals surface area contributed by atoms with Crippen LogP contribution in [0.3, 0.4) is 0 Å². The summed E-state index contributed by atoms with van der Waals surface area (Å²) in [7, 11) is 0. The van der Waals surface area contributed by atoms with Crippen molar-refractivity contribution in [2.24, 2.45) is 0 Å². The Hall–Kier alpha value is -4.40. The van der Waals surface area contributed by atoms with Crippen molar-refractivity contribution in [3.05, 3.63) is 83.9 Å². The Balaban J connectivity index is 1.47. The monoisotopic (exact) mass is 474 g/mol. The van der Waals surface area contributed by atoms with Gasteiger partial charge in [-0.2, -0.15) is 0 Å². The highest BCUT2D eigenvalue weighted by molar-refractivity contribution is 5.96. The number of hydrogen-bond acceptors (Lipinski definition) is 5. The fraction of sp³-hybridized carbons (Fsp3) is 0.231. The Labute approximate surface area is 202 Å². The average Bonchev–Trinajstić information content (AvgIpc) is 2.85. The van der Waals surface area contributed by atoms with Crippen LogP contribution in [0.25, 0.3) is 10.8 Å². The smallest absolute Gasteiger partial charge is 0.315 e. The Kier molecular flexibility index (Phi) is 7.25. The molecule has 0 spiro atoms. The van der Waals surface area contributed by atoms with E-state index in [1.165, 1.54) is 6.92 Å². The summed E-state index contributed by atoms with van der Waals surface area (Å²) in [6, 6.07) is 20.5. The van der Waals surface area contributed by atoms with Gasteiger partial charge >= 0.3 is 12.0 Å². The van der Waals surface area contributed by atoms with Gasteiger partial charge in [-0.25, -0.2) is 4.79 Å². The second kappa shape index (κ2) is 10.7. The van der Waals surface area contributed by atoms with Gasteiger partial charge in [0.1, 0.15) is 6.04 Å². The van der Waals surface area contributed by atoms with E-state index in [1.54, 1.807) is 0 Å². The molecule has 1 saturated heterocycles. The van der Waals surface area contributed by atoms with Crippen molar-refractivity contribution < 1.29 is 23.9 Å². The van der Waals surface area contributed by atoms with Gasteiger partial charge in [0.05, 0.1) is 0 Å². The third-order valence-electron chi connectivity index (χ3n) is 5.63. The summed E-state index contributed by atoms with van der Waals surface area (Å²) in [6.45, 7) is 1.50. The van der Waals surface area contributed by atoms with E-state index >= 15 is 0 Å². The molecule has 1 fully saturated rings. The minimum atomic E-state index is -1.03. The zero-order chi connectivity index (χ0) is 24.8. The molecule has 0 unspecified atom stereocenters. The van der Waals surface area contributed by atoms with Gasteiger partial charge in [-0.05, 0) is 21.9 Å². The fourth-order valence-electron chi connectivity index (χ4n) is 3.82. The van der Waals surface area contributed by atoms with Gasteiger partial charge in [0.15, 0.2) is 6.04 Å². The van der Waals surface area contributed by atoms with Crippen LogP contribution in [0, 0.1) is 0 Å². The molecule has 0 aromatic heterocycles. The van der Waals surface area contributed by atoms with Crippen LogP contribution in [-0.2, 0) is 32.1 Å². The molecule has 180 valence electrons. The first-order chi connectivity index (χ1) is 16.9. The summed E-state index contributed by atoms with van der Waals surface area (Å²) < 4.78 is 5.00. The number of hydrogen-bond donors (Lipinski definition) is 4. The van der Waals surface area contributed by atoms with Crippen molar-refractivity contribution in [3.8, 4) is 0 Å². The summed E-state index contributed by atoms with van der Waals surface area (Å²) in [5.74, 6) is -1.62. The summed E-state index contributed by atoms with van der Waals surface area (Å²) in [6.07, 6.45) is -0.751. The average molecular weight is 475 g/mol. The van der Waals surface area contributed by atoms with E-state index in [4.69, 9.17) is 4.74 Å². The molecule has 4 N–H and O–H groups in total. The molecule has 3 aromatic carbocycles.